The Kier molecular flexibility index (Phi) is 8.19. The van der Waals surface area contributed by atoms with Gasteiger partial charge in [0.1, 0.15) is 31.9 Å². The van der Waals surface area contributed by atoms with E-state index in [1.54, 1.807) is 7.11 Å². The fourth-order valence-corrected chi connectivity index (χ4v) is 2.26. The minimum absolute atomic E-state index is 0.483. The molecule has 0 saturated heterocycles. The SMILES string of the molecule is C/C=C/COc1cc(C)c(OCN(C)CC(C)=NOC)c(C)c1. The van der Waals surface area contributed by atoms with Gasteiger partial charge in [0.25, 0.3) is 0 Å². The van der Waals surface area contributed by atoms with E-state index in [1.165, 1.54) is 0 Å². The minimum Gasteiger partial charge on any atom is -0.490 e. The molecule has 5 nitrogen and oxygen atoms in total. The van der Waals surface area contributed by atoms with Crippen molar-refractivity contribution in [3.63, 3.8) is 0 Å². The highest BCUT2D eigenvalue weighted by atomic mass is 16.6. The van der Waals surface area contributed by atoms with Crippen molar-refractivity contribution >= 4 is 5.71 Å². The summed E-state index contributed by atoms with van der Waals surface area (Å²) in [6, 6.07) is 4.01. The average molecular weight is 320 g/mol. The van der Waals surface area contributed by atoms with Gasteiger partial charge < -0.3 is 14.3 Å². The maximum atomic E-state index is 5.95. The van der Waals surface area contributed by atoms with Crippen LogP contribution in [0, 0.1) is 13.8 Å². The first-order valence-corrected chi connectivity index (χ1v) is 7.71. The van der Waals surface area contributed by atoms with Gasteiger partial charge >= 0.3 is 0 Å². The van der Waals surface area contributed by atoms with Gasteiger partial charge in [-0.3, -0.25) is 4.90 Å². The number of oxime groups is 1. The predicted molar refractivity (Wildman–Crippen MR) is 94.5 cm³/mol. The lowest BCUT2D eigenvalue weighted by atomic mass is 10.1. The van der Waals surface area contributed by atoms with E-state index < -0.39 is 0 Å². The van der Waals surface area contributed by atoms with Crippen molar-refractivity contribution in [1.29, 1.82) is 0 Å². The number of aryl methyl sites for hydroxylation is 2. The molecule has 0 amide bonds. The van der Waals surface area contributed by atoms with E-state index in [2.05, 4.69) is 5.16 Å². The molecular formula is C18H28N2O3. The fraction of sp³-hybridized carbons (Fsp3) is 0.500. The summed E-state index contributed by atoms with van der Waals surface area (Å²) in [4.78, 5) is 6.80. The first-order valence-electron chi connectivity index (χ1n) is 7.71. The van der Waals surface area contributed by atoms with Crippen LogP contribution in [-0.2, 0) is 4.84 Å². The van der Waals surface area contributed by atoms with Crippen LogP contribution < -0.4 is 9.47 Å². The molecule has 0 aromatic heterocycles. The van der Waals surface area contributed by atoms with Crippen LogP contribution in [0.25, 0.3) is 0 Å². The first-order chi connectivity index (χ1) is 11.0. The Balaban J connectivity index is 2.65. The largest absolute Gasteiger partial charge is 0.490 e. The van der Waals surface area contributed by atoms with Gasteiger partial charge in [0.05, 0.1) is 5.71 Å². The van der Waals surface area contributed by atoms with Crippen molar-refractivity contribution in [2.24, 2.45) is 5.16 Å². The fourth-order valence-electron chi connectivity index (χ4n) is 2.26. The normalized spacial score (nSPS) is 12.0. The third kappa shape index (κ3) is 6.74. The second-order valence-electron chi connectivity index (χ2n) is 5.56. The Labute approximate surface area is 139 Å². The van der Waals surface area contributed by atoms with Crippen LogP contribution in [0.4, 0.5) is 0 Å². The van der Waals surface area contributed by atoms with E-state index in [4.69, 9.17) is 14.3 Å². The summed E-state index contributed by atoms with van der Waals surface area (Å²) in [7, 11) is 3.53. The molecule has 0 N–H and O–H groups in total. The van der Waals surface area contributed by atoms with E-state index in [1.807, 2.05) is 63.9 Å². The second-order valence-corrected chi connectivity index (χ2v) is 5.56. The van der Waals surface area contributed by atoms with Gasteiger partial charge in [0, 0.05) is 6.54 Å². The molecule has 1 rings (SSSR count). The van der Waals surface area contributed by atoms with Crippen molar-refractivity contribution in [2.75, 3.05) is 34.0 Å². The van der Waals surface area contributed by atoms with Crippen LogP contribution in [0.3, 0.4) is 0 Å². The number of nitrogens with zero attached hydrogens (tertiary/aromatic N) is 2. The Morgan fingerprint density at radius 2 is 1.87 bits per heavy atom. The van der Waals surface area contributed by atoms with E-state index in [0.717, 1.165) is 28.3 Å². The van der Waals surface area contributed by atoms with Gasteiger partial charge in [-0.1, -0.05) is 17.3 Å². The van der Waals surface area contributed by atoms with Gasteiger partial charge in [0.2, 0.25) is 0 Å². The summed E-state index contributed by atoms with van der Waals surface area (Å²) >= 11 is 0. The third-order valence-corrected chi connectivity index (χ3v) is 3.19. The van der Waals surface area contributed by atoms with Crippen molar-refractivity contribution in [3.05, 3.63) is 35.4 Å². The molecule has 0 aliphatic heterocycles. The van der Waals surface area contributed by atoms with Crippen molar-refractivity contribution in [2.45, 2.75) is 27.7 Å². The molecule has 0 heterocycles. The Bertz CT molecular complexity index is 530. The summed E-state index contributed by atoms with van der Waals surface area (Å²) < 4.78 is 11.6. The number of hydrogen-bond acceptors (Lipinski definition) is 5. The topological polar surface area (TPSA) is 43.3 Å². The van der Waals surface area contributed by atoms with Crippen LogP contribution in [0.15, 0.2) is 29.4 Å². The van der Waals surface area contributed by atoms with Crippen molar-refractivity contribution < 1.29 is 14.3 Å². The number of benzene rings is 1. The molecule has 0 unspecified atom stereocenters. The predicted octanol–water partition coefficient (Wildman–Crippen LogP) is 3.55. The van der Waals surface area contributed by atoms with E-state index in [9.17, 15) is 0 Å². The second kappa shape index (κ2) is 9.90. The van der Waals surface area contributed by atoms with Crippen LogP contribution in [0.2, 0.25) is 0 Å². The smallest absolute Gasteiger partial charge is 0.142 e. The average Bonchev–Trinajstić information content (AvgIpc) is 2.46. The van der Waals surface area contributed by atoms with Gasteiger partial charge in [0.15, 0.2) is 0 Å². The Morgan fingerprint density at radius 1 is 1.22 bits per heavy atom. The molecule has 1 aromatic rings. The molecule has 0 bridgehead atoms. The molecule has 128 valence electrons. The van der Waals surface area contributed by atoms with Crippen LogP contribution in [-0.4, -0.2) is 44.7 Å². The Hall–Kier alpha value is -2.01. The summed E-state index contributed by atoms with van der Waals surface area (Å²) in [5, 5.41) is 3.90. The van der Waals surface area contributed by atoms with E-state index >= 15 is 0 Å². The van der Waals surface area contributed by atoms with Crippen LogP contribution >= 0.6 is 0 Å². The number of allylic oxidation sites excluding steroid dienone is 1. The first kappa shape index (κ1) is 19.0. The molecule has 23 heavy (non-hydrogen) atoms. The zero-order valence-electron chi connectivity index (χ0n) is 15.0. The zero-order valence-corrected chi connectivity index (χ0v) is 15.0. The summed E-state index contributed by atoms with van der Waals surface area (Å²) in [6.45, 7) is 9.72. The van der Waals surface area contributed by atoms with Crippen LogP contribution in [0.5, 0.6) is 11.5 Å². The van der Waals surface area contributed by atoms with Crippen LogP contribution in [0.1, 0.15) is 25.0 Å². The summed E-state index contributed by atoms with van der Waals surface area (Å²) in [5.41, 5.74) is 3.03. The maximum absolute atomic E-state index is 5.95. The van der Waals surface area contributed by atoms with Gasteiger partial charge in [-0.15, -0.1) is 0 Å². The molecule has 0 atom stereocenters. The van der Waals surface area contributed by atoms with Gasteiger partial charge in [-0.2, -0.15) is 0 Å². The molecule has 0 aliphatic carbocycles. The number of ether oxygens (including phenoxy) is 2. The van der Waals surface area contributed by atoms with E-state index in [0.29, 0.717) is 19.9 Å². The molecule has 0 fully saturated rings. The molecule has 0 saturated carbocycles. The van der Waals surface area contributed by atoms with Gasteiger partial charge in [-0.25, -0.2) is 0 Å². The molecular weight excluding hydrogens is 292 g/mol. The standard InChI is InChI=1S/C18H28N2O3/c1-7-8-9-22-17-10-14(2)18(15(3)11-17)23-13-20(5)12-16(4)19-21-6/h7-8,10-11H,9,12-13H2,1-6H3/b8-7+,19-16?. The van der Waals surface area contributed by atoms with Gasteiger partial charge in [-0.05, 0) is 58.0 Å². The minimum atomic E-state index is 0.483. The highest BCUT2D eigenvalue weighted by molar-refractivity contribution is 5.83. The molecule has 0 aliphatic rings. The summed E-state index contributed by atoms with van der Waals surface area (Å²) in [6.07, 6.45) is 3.95. The Morgan fingerprint density at radius 3 is 2.43 bits per heavy atom. The quantitative estimate of drug-likeness (QED) is 0.302. The molecule has 1 aromatic carbocycles. The maximum Gasteiger partial charge on any atom is 0.142 e. The molecule has 0 radical (unpaired) electrons. The highest BCUT2D eigenvalue weighted by Crippen LogP contribution is 2.28. The molecule has 5 heteroatoms. The van der Waals surface area contributed by atoms with Crippen molar-refractivity contribution in [3.8, 4) is 11.5 Å². The lowest BCUT2D eigenvalue weighted by molar-refractivity contribution is 0.163. The summed E-state index contributed by atoms with van der Waals surface area (Å²) in [5.74, 6) is 1.76. The third-order valence-electron chi connectivity index (χ3n) is 3.19. The van der Waals surface area contributed by atoms with Crippen molar-refractivity contribution in [1.82, 2.24) is 4.90 Å². The monoisotopic (exact) mass is 320 g/mol. The lowest BCUT2D eigenvalue weighted by Gasteiger charge is -2.19. The van der Waals surface area contributed by atoms with E-state index in [-0.39, 0.29) is 0 Å². The number of hydrogen-bond donors (Lipinski definition) is 0. The number of rotatable bonds is 9. The molecule has 0 spiro atoms. The highest BCUT2D eigenvalue weighted by Gasteiger charge is 2.09. The zero-order chi connectivity index (χ0) is 17.2. The lowest BCUT2D eigenvalue weighted by Crippen LogP contribution is -2.29.